The molecule has 3 heteroatoms. The lowest BCUT2D eigenvalue weighted by Gasteiger charge is -2.05. The lowest BCUT2D eigenvalue weighted by Crippen LogP contribution is -2.34. The number of amides is 1. The summed E-state index contributed by atoms with van der Waals surface area (Å²) in [4.78, 5) is 10.5. The largest absolute Gasteiger partial charge is 0.292 e. The molecule has 2 N–H and O–H groups in total. The van der Waals surface area contributed by atoms with Crippen LogP contribution in [0.3, 0.4) is 0 Å². The Morgan fingerprint density at radius 3 is 2.85 bits per heavy atom. The van der Waals surface area contributed by atoms with Crippen molar-refractivity contribution < 1.29 is 4.79 Å². The summed E-state index contributed by atoms with van der Waals surface area (Å²) in [6, 6.07) is 8.14. The van der Waals surface area contributed by atoms with Gasteiger partial charge in [0, 0.05) is 13.5 Å². The zero-order chi connectivity index (χ0) is 9.68. The Morgan fingerprint density at radius 2 is 2.23 bits per heavy atom. The van der Waals surface area contributed by atoms with Gasteiger partial charge in [-0.1, -0.05) is 29.8 Å². The van der Waals surface area contributed by atoms with Crippen LogP contribution in [0, 0.1) is 6.92 Å². The highest BCUT2D eigenvalue weighted by Crippen LogP contribution is 2.02. The van der Waals surface area contributed by atoms with Gasteiger partial charge in [-0.05, 0) is 12.5 Å². The summed E-state index contributed by atoms with van der Waals surface area (Å²) in [5.41, 5.74) is 7.74. The van der Waals surface area contributed by atoms with Gasteiger partial charge >= 0.3 is 0 Å². The molecule has 0 heterocycles. The van der Waals surface area contributed by atoms with E-state index in [1.165, 1.54) is 12.5 Å². The number of hydrogen-bond donors (Lipinski definition) is 2. The van der Waals surface area contributed by atoms with E-state index in [0.717, 1.165) is 5.56 Å². The van der Waals surface area contributed by atoms with Crippen LogP contribution in [0.15, 0.2) is 24.3 Å². The smallest absolute Gasteiger partial charge is 0.230 e. The maximum absolute atomic E-state index is 10.5. The number of carbonyl (C=O) groups excluding carboxylic acids is 1. The molecule has 0 aliphatic heterocycles. The molecule has 0 radical (unpaired) electrons. The van der Waals surface area contributed by atoms with E-state index >= 15 is 0 Å². The normalized spacial score (nSPS) is 9.69. The summed E-state index contributed by atoms with van der Waals surface area (Å²) < 4.78 is 0. The fourth-order valence-corrected chi connectivity index (χ4v) is 1.09. The number of aryl methyl sites for hydroxylation is 1. The van der Waals surface area contributed by atoms with E-state index in [1.54, 1.807) is 0 Å². The Hall–Kier alpha value is -1.35. The van der Waals surface area contributed by atoms with Crippen molar-refractivity contribution in [1.29, 1.82) is 0 Å². The second-order valence-electron chi connectivity index (χ2n) is 3.02. The standard InChI is InChI=1S/C10H14N2O/c1-8-4-3-5-10(6-8)7-11-12-9(2)13/h3-6,11H,7H2,1-2H3,(H,12,13). The minimum absolute atomic E-state index is 0.0762. The number of nitrogens with one attached hydrogen (secondary N) is 2. The number of hydrogen-bond acceptors (Lipinski definition) is 2. The molecule has 0 unspecified atom stereocenters. The molecule has 1 aromatic carbocycles. The van der Waals surface area contributed by atoms with Gasteiger partial charge in [0.1, 0.15) is 0 Å². The molecular formula is C10H14N2O. The Labute approximate surface area is 78.1 Å². The van der Waals surface area contributed by atoms with Gasteiger partial charge < -0.3 is 0 Å². The first-order valence-corrected chi connectivity index (χ1v) is 4.23. The molecular weight excluding hydrogens is 164 g/mol. The van der Waals surface area contributed by atoms with E-state index in [1.807, 2.05) is 25.1 Å². The fraction of sp³-hybridized carbons (Fsp3) is 0.300. The second kappa shape index (κ2) is 4.62. The molecule has 0 spiro atoms. The molecule has 0 atom stereocenters. The van der Waals surface area contributed by atoms with Crippen molar-refractivity contribution in [2.45, 2.75) is 20.4 Å². The van der Waals surface area contributed by atoms with Crippen LogP contribution in [0.1, 0.15) is 18.1 Å². The van der Waals surface area contributed by atoms with E-state index in [2.05, 4.69) is 16.9 Å². The summed E-state index contributed by atoms with van der Waals surface area (Å²) in [7, 11) is 0. The minimum Gasteiger partial charge on any atom is -0.292 e. The van der Waals surface area contributed by atoms with Crippen LogP contribution in [0.2, 0.25) is 0 Å². The van der Waals surface area contributed by atoms with E-state index in [9.17, 15) is 4.79 Å². The highest BCUT2D eigenvalue weighted by Gasteiger charge is 1.92. The first-order valence-electron chi connectivity index (χ1n) is 4.23. The van der Waals surface area contributed by atoms with Crippen LogP contribution in [-0.4, -0.2) is 5.91 Å². The molecule has 13 heavy (non-hydrogen) atoms. The molecule has 0 fully saturated rings. The second-order valence-corrected chi connectivity index (χ2v) is 3.02. The van der Waals surface area contributed by atoms with Crippen LogP contribution in [-0.2, 0) is 11.3 Å². The molecule has 1 amide bonds. The fourth-order valence-electron chi connectivity index (χ4n) is 1.09. The SMILES string of the molecule is CC(=O)NNCc1cccc(C)c1. The Kier molecular flexibility index (Phi) is 3.46. The van der Waals surface area contributed by atoms with Crippen molar-refractivity contribution in [1.82, 2.24) is 10.9 Å². The van der Waals surface area contributed by atoms with Crippen LogP contribution < -0.4 is 10.9 Å². The molecule has 0 aliphatic rings. The Morgan fingerprint density at radius 1 is 1.46 bits per heavy atom. The topological polar surface area (TPSA) is 41.1 Å². The van der Waals surface area contributed by atoms with Gasteiger partial charge in [0.05, 0.1) is 0 Å². The number of hydrazine groups is 1. The van der Waals surface area contributed by atoms with Gasteiger partial charge in [0.2, 0.25) is 5.91 Å². The van der Waals surface area contributed by atoms with Crippen molar-refractivity contribution in [3.05, 3.63) is 35.4 Å². The molecule has 3 nitrogen and oxygen atoms in total. The number of carbonyl (C=O) groups is 1. The van der Waals surface area contributed by atoms with Gasteiger partial charge in [0.25, 0.3) is 0 Å². The van der Waals surface area contributed by atoms with Gasteiger partial charge in [-0.3, -0.25) is 10.2 Å². The molecule has 1 rings (SSSR count). The van der Waals surface area contributed by atoms with Crippen molar-refractivity contribution in [2.24, 2.45) is 0 Å². The molecule has 0 saturated carbocycles. The summed E-state index contributed by atoms with van der Waals surface area (Å²) in [5, 5.41) is 0. The van der Waals surface area contributed by atoms with Crippen LogP contribution >= 0.6 is 0 Å². The molecule has 0 saturated heterocycles. The third kappa shape index (κ3) is 3.71. The van der Waals surface area contributed by atoms with Gasteiger partial charge in [0.15, 0.2) is 0 Å². The predicted molar refractivity (Wildman–Crippen MR) is 51.8 cm³/mol. The van der Waals surface area contributed by atoms with E-state index < -0.39 is 0 Å². The maximum Gasteiger partial charge on any atom is 0.230 e. The van der Waals surface area contributed by atoms with Gasteiger partial charge in [-0.25, -0.2) is 5.43 Å². The predicted octanol–water partition coefficient (Wildman–Crippen LogP) is 1.14. The third-order valence-corrected chi connectivity index (χ3v) is 1.64. The maximum atomic E-state index is 10.5. The van der Waals surface area contributed by atoms with Crippen LogP contribution in [0.5, 0.6) is 0 Å². The minimum atomic E-state index is -0.0762. The van der Waals surface area contributed by atoms with Crippen molar-refractivity contribution in [3.63, 3.8) is 0 Å². The van der Waals surface area contributed by atoms with Crippen LogP contribution in [0.4, 0.5) is 0 Å². The monoisotopic (exact) mass is 178 g/mol. The van der Waals surface area contributed by atoms with Crippen molar-refractivity contribution in [2.75, 3.05) is 0 Å². The molecule has 1 aromatic rings. The summed E-state index contributed by atoms with van der Waals surface area (Å²) in [5.74, 6) is -0.0762. The quantitative estimate of drug-likeness (QED) is 0.681. The van der Waals surface area contributed by atoms with E-state index in [-0.39, 0.29) is 5.91 Å². The highest BCUT2D eigenvalue weighted by atomic mass is 16.2. The third-order valence-electron chi connectivity index (χ3n) is 1.64. The molecule has 0 bridgehead atoms. The molecule has 0 aliphatic carbocycles. The summed E-state index contributed by atoms with van der Waals surface area (Å²) in [6.07, 6.45) is 0. The van der Waals surface area contributed by atoms with E-state index in [4.69, 9.17) is 0 Å². The average Bonchev–Trinajstić information content (AvgIpc) is 2.03. The van der Waals surface area contributed by atoms with Crippen LogP contribution in [0.25, 0.3) is 0 Å². The zero-order valence-corrected chi connectivity index (χ0v) is 7.92. The van der Waals surface area contributed by atoms with E-state index in [0.29, 0.717) is 6.54 Å². The van der Waals surface area contributed by atoms with Gasteiger partial charge in [-0.2, -0.15) is 0 Å². The lowest BCUT2D eigenvalue weighted by atomic mass is 10.1. The van der Waals surface area contributed by atoms with Gasteiger partial charge in [-0.15, -0.1) is 0 Å². The summed E-state index contributed by atoms with van der Waals surface area (Å²) in [6.45, 7) is 4.17. The Bertz CT molecular complexity index is 297. The van der Waals surface area contributed by atoms with Crippen molar-refractivity contribution >= 4 is 5.91 Å². The number of rotatable bonds is 3. The highest BCUT2D eigenvalue weighted by molar-refractivity contribution is 5.72. The summed E-state index contributed by atoms with van der Waals surface area (Å²) >= 11 is 0. The first kappa shape index (κ1) is 9.74. The zero-order valence-electron chi connectivity index (χ0n) is 7.92. The number of benzene rings is 1. The average molecular weight is 178 g/mol. The Balaban J connectivity index is 2.41. The molecule has 0 aromatic heterocycles. The van der Waals surface area contributed by atoms with Crippen molar-refractivity contribution in [3.8, 4) is 0 Å². The molecule has 70 valence electrons. The first-order chi connectivity index (χ1) is 6.18. The lowest BCUT2D eigenvalue weighted by molar-refractivity contribution is -0.119.